The fourth-order valence-electron chi connectivity index (χ4n) is 3.12. The Morgan fingerprint density at radius 2 is 1.88 bits per heavy atom. The molecule has 3 aromatic rings. The molecule has 122 valence electrons. The molecule has 24 heavy (non-hydrogen) atoms. The minimum atomic E-state index is -0.963. The third kappa shape index (κ3) is 2.39. The van der Waals surface area contributed by atoms with Gasteiger partial charge in [0.2, 0.25) is 0 Å². The molecule has 0 amide bonds. The van der Waals surface area contributed by atoms with Gasteiger partial charge in [-0.25, -0.2) is 4.79 Å². The van der Waals surface area contributed by atoms with Crippen molar-refractivity contribution in [3.8, 4) is 16.9 Å². The lowest BCUT2D eigenvalue weighted by Crippen LogP contribution is -2.39. The molecule has 0 saturated heterocycles. The van der Waals surface area contributed by atoms with Crippen molar-refractivity contribution in [3.63, 3.8) is 0 Å². The maximum absolute atomic E-state index is 12.5. The quantitative estimate of drug-likeness (QED) is 0.733. The van der Waals surface area contributed by atoms with Crippen molar-refractivity contribution in [2.75, 3.05) is 0 Å². The number of rotatable bonds is 2. The van der Waals surface area contributed by atoms with Crippen molar-refractivity contribution in [2.45, 2.75) is 32.0 Å². The van der Waals surface area contributed by atoms with Crippen LogP contribution in [0.25, 0.3) is 22.1 Å². The maximum Gasteiger partial charge on any atom is 0.344 e. The van der Waals surface area contributed by atoms with Crippen LogP contribution in [0.4, 0.5) is 0 Å². The Bertz CT molecular complexity index is 965. The van der Waals surface area contributed by atoms with Gasteiger partial charge in [0.25, 0.3) is 0 Å². The van der Waals surface area contributed by atoms with Crippen LogP contribution >= 0.6 is 0 Å². The first kappa shape index (κ1) is 15.0. The highest BCUT2D eigenvalue weighted by Gasteiger charge is 2.36. The van der Waals surface area contributed by atoms with Gasteiger partial charge in [0.05, 0.1) is 11.2 Å². The molecule has 0 spiro atoms. The molecule has 0 bridgehead atoms. The van der Waals surface area contributed by atoms with Gasteiger partial charge in [0.1, 0.15) is 17.4 Å². The van der Waals surface area contributed by atoms with E-state index < -0.39 is 5.60 Å². The zero-order valence-corrected chi connectivity index (χ0v) is 13.6. The summed E-state index contributed by atoms with van der Waals surface area (Å²) in [6.07, 6.45) is 0.168. The third-order valence-corrected chi connectivity index (χ3v) is 4.49. The Balaban J connectivity index is 1.86. The molecule has 1 aliphatic rings. The SMILES string of the molecule is CC(C)(O)C1Cc2c(ccc3cc(-c4ccccc4)c(=O)oc23)O1. The summed E-state index contributed by atoms with van der Waals surface area (Å²) in [7, 11) is 0. The van der Waals surface area contributed by atoms with Crippen LogP contribution in [-0.2, 0) is 6.42 Å². The highest BCUT2D eigenvalue weighted by atomic mass is 16.5. The molecule has 1 aliphatic heterocycles. The van der Waals surface area contributed by atoms with E-state index in [-0.39, 0.29) is 11.7 Å². The molecule has 4 rings (SSSR count). The highest BCUT2D eigenvalue weighted by Crippen LogP contribution is 2.38. The predicted octanol–water partition coefficient (Wildman–Crippen LogP) is 3.53. The van der Waals surface area contributed by atoms with Gasteiger partial charge < -0.3 is 14.3 Å². The lowest BCUT2D eigenvalue weighted by molar-refractivity contribution is -0.0229. The molecule has 1 aromatic heterocycles. The van der Waals surface area contributed by atoms with Gasteiger partial charge in [-0.2, -0.15) is 0 Å². The normalized spacial score (nSPS) is 16.9. The zero-order chi connectivity index (χ0) is 16.9. The average Bonchev–Trinajstić information content (AvgIpc) is 3.00. The van der Waals surface area contributed by atoms with E-state index in [0.717, 1.165) is 16.5 Å². The second-order valence-electron chi connectivity index (χ2n) is 6.74. The van der Waals surface area contributed by atoms with Crippen LogP contribution in [0.2, 0.25) is 0 Å². The number of hydrogen-bond donors (Lipinski definition) is 1. The molecule has 2 heterocycles. The first-order chi connectivity index (χ1) is 11.4. The van der Waals surface area contributed by atoms with E-state index in [9.17, 15) is 9.90 Å². The molecule has 1 N–H and O–H groups in total. The van der Waals surface area contributed by atoms with E-state index >= 15 is 0 Å². The van der Waals surface area contributed by atoms with Crippen molar-refractivity contribution in [1.82, 2.24) is 0 Å². The molecule has 4 heteroatoms. The van der Waals surface area contributed by atoms with Crippen LogP contribution in [0.5, 0.6) is 5.75 Å². The lowest BCUT2D eigenvalue weighted by atomic mass is 9.96. The number of benzene rings is 2. The van der Waals surface area contributed by atoms with E-state index in [1.807, 2.05) is 48.5 Å². The van der Waals surface area contributed by atoms with Gasteiger partial charge >= 0.3 is 5.63 Å². The second kappa shape index (κ2) is 5.21. The van der Waals surface area contributed by atoms with Gasteiger partial charge in [-0.3, -0.25) is 0 Å². The Hall–Kier alpha value is -2.59. The average molecular weight is 322 g/mol. The third-order valence-electron chi connectivity index (χ3n) is 4.49. The Labute approximate surface area is 139 Å². The summed E-state index contributed by atoms with van der Waals surface area (Å²) in [4.78, 5) is 12.5. The number of hydrogen-bond acceptors (Lipinski definition) is 4. The van der Waals surface area contributed by atoms with Crippen LogP contribution < -0.4 is 10.4 Å². The molecular weight excluding hydrogens is 304 g/mol. The lowest BCUT2D eigenvalue weighted by Gasteiger charge is -2.24. The summed E-state index contributed by atoms with van der Waals surface area (Å²) >= 11 is 0. The summed E-state index contributed by atoms with van der Waals surface area (Å²) in [5, 5.41) is 11.0. The van der Waals surface area contributed by atoms with Gasteiger partial charge in [-0.15, -0.1) is 0 Å². The van der Waals surface area contributed by atoms with E-state index in [0.29, 0.717) is 23.3 Å². The standard InChI is InChI=1S/C20H18O4/c1-20(2,22)17-11-15-16(23-17)9-8-13-10-14(19(21)24-18(13)15)12-6-4-3-5-7-12/h3-10,17,22H,11H2,1-2H3. The van der Waals surface area contributed by atoms with Crippen molar-refractivity contribution < 1.29 is 14.3 Å². The van der Waals surface area contributed by atoms with Crippen LogP contribution in [0.3, 0.4) is 0 Å². The molecule has 0 saturated carbocycles. The van der Waals surface area contributed by atoms with Gasteiger partial charge in [-0.05, 0) is 37.6 Å². The zero-order valence-electron chi connectivity index (χ0n) is 13.6. The van der Waals surface area contributed by atoms with Crippen LogP contribution in [0, 0.1) is 0 Å². The molecule has 1 unspecified atom stereocenters. The number of ether oxygens (including phenoxy) is 1. The molecule has 0 radical (unpaired) electrons. The molecule has 1 atom stereocenters. The highest BCUT2D eigenvalue weighted by molar-refractivity contribution is 5.86. The molecular formula is C20H18O4. The van der Waals surface area contributed by atoms with E-state index in [1.54, 1.807) is 13.8 Å². The number of aliphatic hydroxyl groups is 1. The monoisotopic (exact) mass is 322 g/mol. The summed E-state index contributed by atoms with van der Waals surface area (Å²) in [5.41, 5.74) is 1.43. The molecule has 0 fully saturated rings. The Kier molecular flexibility index (Phi) is 3.25. The van der Waals surface area contributed by atoms with Crippen LogP contribution in [-0.4, -0.2) is 16.8 Å². The molecule has 2 aromatic carbocycles. The Morgan fingerprint density at radius 1 is 1.12 bits per heavy atom. The smallest absolute Gasteiger partial charge is 0.344 e. The topological polar surface area (TPSA) is 59.7 Å². The van der Waals surface area contributed by atoms with E-state index in [4.69, 9.17) is 9.15 Å². The Morgan fingerprint density at radius 3 is 2.58 bits per heavy atom. The van der Waals surface area contributed by atoms with E-state index in [2.05, 4.69) is 0 Å². The fraction of sp³-hybridized carbons (Fsp3) is 0.250. The second-order valence-corrected chi connectivity index (χ2v) is 6.74. The first-order valence-corrected chi connectivity index (χ1v) is 7.97. The van der Waals surface area contributed by atoms with Gasteiger partial charge in [-0.1, -0.05) is 30.3 Å². The van der Waals surface area contributed by atoms with Crippen molar-refractivity contribution >= 4 is 11.0 Å². The van der Waals surface area contributed by atoms with Crippen LogP contribution in [0.15, 0.2) is 57.7 Å². The summed E-state index contributed by atoms with van der Waals surface area (Å²) in [6, 6.07) is 15.1. The minimum Gasteiger partial charge on any atom is -0.487 e. The minimum absolute atomic E-state index is 0.350. The number of fused-ring (bicyclic) bond motifs is 3. The maximum atomic E-state index is 12.5. The van der Waals surface area contributed by atoms with Crippen LogP contribution in [0.1, 0.15) is 19.4 Å². The summed E-state index contributed by atoms with van der Waals surface area (Å²) in [5.74, 6) is 0.672. The summed E-state index contributed by atoms with van der Waals surface area (Å²) in [6.45, 7) is 3.44. The molecule has 4 nitrogen and oxygen atoms in total. The first-order valence-electron chi connectivity index (χ1n) is 7.97. The molecule has 0 aliphatic carbocycles. The summed E-state index contributed by atoms with van der Waals surface area (Å²) < 4.78 is 11.5. The largest absolute Gasteiger partial charge is 0.487 e. The van der Waals surface area contributed by atoms with Crippen molar-refractivity contribution in [2.24, 2.45) is 0 Å². The van der Waals surface area contributed by atoms with Gasteiger partial charge in [0, 0.05) is 17.4 Å². The van der Waals surface area contributed by atoms with Crippen molar-refractivity contribution in [3.05, 3.63) is 64.5 Å². The van der Waals surface area contributed by atoms with E-state index in [1.165, 1.54) is 0 Å². The predicted molar refractivity (Wildman–Crippen MR) is 92.3 cm³/mol. The fourth-order valence-corrected chi connectivity index (χ4v) is 3.12. The van der Waals surface area contributed by atoms with Crippen molar-refractivity contribution in [1.29, 1.82) is 0 Å². The van der Waals surface area contributed by atoms with Gasteiger partial charge in [0.15, 0.2) is 0 Å².